The maximum atomic E-state index is 11.8. The number of anilines is 1. The summed E-state index contributed by atoms with van der Waals surface area (Å²) in [6, 6.07) is 1.44. The normalized spacial score (nSPS) is 11.0. The average molecular weight is 326 g/mol. The van der Waals surface area contributed by atoms with Crippen LogP contribution in [0.3, 0.4) is 0 Å². The van der Waals surface area contributed by atoms with Gasteiger partial charge in [-0.2, -0.15) is 5.10 Å². The van der Waals surface area contributed by atoms with E-state index in [-0.39, 0.29) is 5.56 Å². The van der Waals surface area contributed by atoms with Crippen LogP contribution in [0.25, 0.3) is 6.08 Å². The Morgan fingerprint density at radius 2 is 2.24 bits per heavy atom. The van der Waals surface area contributed by atoms with Crippen LogP contribution in [0.5, 0.6) is 0 Å². The molecular formula is C13H12ClN3O3S. The number of rotatable bonds is 4. The van der Waals surface area contributed by atoms with Gasteiger partial charge in [-0.05, 0) is 24.4 Å². The molecule has 0 aliphatic rings. The number of carboxylic acids is 1. The molecule has 2 aromatic rings. The van der Waals surface area contributed by atoms with Gasteiger partial charge in [-0.3, -0.25) is 9.48 Å². The van der Waals surface area contributed by atoms with Crippen molar-refractivity contribution in [3.63, 3.8) is 0 Å². The van der Waals surface area contributed by atoms with Crippen molar-refractivity contribution in [1.82, 2.24) is 9.78 Å². The number of thiophene rings is 1. The minimum atomic E-state index is -1.08. The van der Waals surface area contributed by atoms with Gasteiger partial charge in [0.2, 0.25) is 5.91 Å². The van der Waals surface area contributed by atoms with Crippen LogP contribution >= 0.6 is 22.9 Å². The van der Waals surface area contributed by atoms with Crippen molar-refractivity contribution in [3.8, 4) is 0 Å². The van der Waals surface area contributed by atoms with Crippen LogP contribution in [0.4, 0.5) is 5.00 Å². The van der Waals surface area contributed by atoms with Crippen molar-refractivity contribution in [2.75, 3.05) is 5.32 Å². The largest absolute Gasteiger partial charge is 0.478 e. The molecule has 0 aliphatic carbocycles. The van der Waals surface area contributed by atoms with E-state index < -0.39 is 11.9 Å². The van der Waals surface area contributed by atoms with Crippen molar-refractivity contribution >= 4 is 45.9 Å². The first kappa shape index (κ1) is 15.3. The first-order chi connectivity index (χ1) is 9.90. The van der Waals surface area contributed by atoms with Gasteiger partial charge in [0.1, 0.15) is 10.2 Å². The molecule has 6 nitrogen and oxygen atoms in total. The van der Waals surface area contributed by atoms with E-state index in [2.05, 4.69) is 10.4 Å². The van der Waals surface area contributed by atoms with E-state index in [4.69, 9.17) is 16.7 Å². The number of carbonyl (C=O) groups is 2. The third-order valence-electron chi connectivity index (χ3n) is 2.73. The number of carboxylic acid groups (broad SMARTS) is 1. The van der Waals surface area contributed by atoms with E-state index in [0.29, 0.717) is 21.4 Å². The summed E-state index contributed by atoms with van der Waals surface area (Å²) in [6.45, 7) is 1.78. The molecule has 2 rings (SSSR count). The Morgan fingerprint density at radius 3 is 2.81 bits per heavy atom. The second-order valence-corrected chi connectivity index (χ2v) is 5.48. The Balaban J connectivity index is 2.13. The fraction of sp³-hybridized carbons (Fsp3) is 0.154. The molecule has 2 aromatic heterocycles. The molecule has 0 unspecified atom stereocenters. The highest BCUT2D eigenvalue weighted by Gasteiger charge is 2.13. The number of hydrogen-bond acceptors (Lipinski definition) is 4. The summed E-state index contributed by atoms with van der Waals surface area (Å²) in [5, 5.41) is 17.9. The maximum Gasteiger partial charge on any atom is 0.338 e. The van der Waals surface area contributed by atoms with Gasteiger partial charge in [0.15, 0.2) is 0 Å². The Bertz CT molecular complexity index is 733. The van der Waals surface area contributed by atoms with E-state index >= 15 is 0 Å². The number of carbonyl (C=O) groups excluding carboxylic acids is 1. The monoisotopic (exact) mass is 325 g/mol. The predicted octanol–water partition coefficient (Wildman–Crippen LogP) is 2.79. The summed E-state index contributed by atoms with van der Waals surface area (Å²) >= 11 is 7.20. The second-order valence-electron chi connectivity index (χ2n) is 4.20. The lowest BCUT2D eigenvalue weighted by atomic mass is 10.2. The number of hydrogen-bond donors (Lipinski definition) is 2. The lowest BCUT2D eigenvalue weighted by Gasteiger charge is -2.00. The van der Waals surface area contributed by atoms with Crippen molar-refractivity contribution in [2.24, 2.45) is 7.05 Å². The summed E-state index contributed by atoms with van der Waals surface area (Å²) in [5.41, 5.74) is 1.42. The number of halogens is 1. The quantitative estimate of drug-likeness (QED) is 0.847. The molecule has 0 atom stereocenters. The number of amides is 1. The lowest BCUT2D eigenvalue weighted by Crippen LogP contribution is -2.09. The average Bonchev–Trinajstić information content (AvgIpc) is 2.94. The smallest absolute Gasteiger partial charge is 0.338 e. The van der Waals surface area contributed by atoms with Crippen molar-refractivity contribution in [1.29, 1.82) is 0 Å². The first-order valence-corrected chi connectivity index (χ1v) is 7.15. The van der Waals surface area contributed by atoms with E-state index in [1.165, 1.54) is 16.8 Å². The van der Waals surface area contributed by atoms with Crippen LogP contribution in [0, 0.1) is 6.92 Å². The van der Waals surface area contributed by atoms with Crippen LogP contribution < -0.4 is 5.32 Å². The third kappa shape index (κ3) is 3.32. The van der Waals surface area contributed by atoms with Gasteiger partial charge in [0.05, 0.1) is 11.3 Å². The summed E-state index contributed by atoms with van der Waals surface area (Å²) in [6.07, 6.45) is 2.84. The molecule has 0 fully saturated rings. The number of nitrogens with zero attached hydrogens (tertiary/aromatic N) is 2. The number of aromatic nitrogens is 2. The lowest BCUT2D eigenvalue weighted by molar-refractivity contribution is -0.111. The molecule has 8 heteroatoms. The van der Waals surface area contributed by atoms with Gasteiger partial charge in [-0.15, -0.1) is 11.3 Å². The van der Waals surface area contributed by atoms with Crippen LogP contribution in [0.2, 0.25) is 5.15 Å². The summed E-state index contributed by atoms with van der Waals surface area (Å²) in [7, 11) is 1.71. The van der Waals surface area contributed by atoms with Crippen molar-refractivity contribution in [2.45, 2.75) is 6.92 Å². The maximum absolute atomic E-state index is 11.8. The van der Waals surface area contributed by atoms with E-state index in [1.807, 2.05) is 0 Å². The SMILES string of the molecule is Cc1nn(C)c(Cl)c1/C=C/C(=O)Nc1sccc1C(=O)O. The van der Waals surface area contributed by atoms with Gasteiger partial charge in [0.25, 0.3) is 0 Å². The van der Waals surface area contributed by atoms with E-state index in [9.17, 15) is 9.59 Å². The van der Waals surface area contributed by atoms with E-state index in [1.54, 1.807) is 25.4 Å². The number of aryl methyl sites for hydroxylation is 2. The minimum Gasteiger partial charge on any atom is -0.478 e. The molecule has 0 bridgehead atoms. The molecule has 0 radical (unpaired) electrons. The zero-order valence-electron chi connectivity index (χ0n) is 11.3. The molecule has 0 aliphatic heterocycles. The highest BCUT2D eigenvalue weighted by Crippen LogP contribution is 2.23. The Kier molecular flexibility index (Phi) is 4.44. The summed E-state index contributed by atoms with van der Waals surface area (Å²) in [4.78, 5) is 22.8. The number of aromatic carboxylic acids is 1. The highest BCUT2D eigenvalue weighted by atomic mass is 35.5. The molecule has 21 heavy (non-hydrogen) atoms. The van der Waals surface area contributed by atoms with Crippen LogP contribution in [0.15, 0.2) is 17.5 Å². The Hall–Kier alpha value is -2.12. The standard InChI is InChI=1S/C13H12ClN3O3S/c1-7-8(11(14)17(2)16-7)3-4-10(18)15-12-9(13(19)20)5-6-21-12/h3-6H,1-2H3,(H,15,18)(H,19,20)/b4-3+. The van der Waals surface area contributed by atoms with Crippen molar-refractivity contribution in [3.05, 3.63) is 39.5 Å². The number of nitrogens with one attached hydrogen (secondary N) is 1. The minimum absolute atomic E-state index is 0.0670. The van der Waals surface area contributed by atoms with Crippen LogP contribution in [0.1, 0.15) is 21.6 Å². The molecule has 0 saturated heterocycles. The summed E-state index contributed by atoms with van der Waals surface area (Å²) in [5.74, 6) is -1.51. The fourth-order valence-electron chi connectivity index (χ4n) is 1.72. The molecule has 110 valence electrons. The van der Waals surface area contributed by atoms with Gasteiger partial charge in [0, 0.05) is 18.7 Å². The molecule has 0 spiro atoms. The second kappa shape index (κ2) is 6.11. The zero-order valence-corrected chi connectivity index (χ0v) is 12.8. The van der Waals surface area contributed by atoms with Crippen LogP contribution in [-0.4, -0.2) is 26.8 Å². The van der Waals surface area contributed by atoms with Crippen molar-refractivity contribution < 1.29 is 14.7 Å². The van der Waals surface area contributed by atoms with Gasteiger partial charge >= 0.3 is 5.97 Å². The predicted molar refractivity (Wildman–Crippen MR) is 81.9 cm³/mol. The molecule has 1 amide bonds. The van der Waals surface area contributed by atoms with Crippen LogP contribution in [-0.2, 0) is 11.8 Å². The zero-order chi connectivity index (χ0) is 15.6. The molecule has 0 saturated carbocycles. The Labute approximate surface area is 129 Å². The molecule has 2 N–H and O–H groups in total. The fourth-order valence-corrected chi connectivity index (χ4v) is 2.74. The highest BCUT2D eigenvalue weighted by molar-refractivity contribution is 7.14. The summed E-state index contributed by atoms with van der Waals surface area (Å²) < 4.78 is 1.51. The van der Waals surface area contributed by atoms with E-state index in [0.717, 1.165) is 11.3 Å². The third-order valence-corrected chi connectivity index (χ3v) is 4.01. The van der Waals surface area contributed by atoms with Gasteiger partial charge in [-0.25, -0.2) is 4.79 Å². The molecule has 0 aromatic carbocycles. The van der Waals surface area contributed by atoms with Gasteiger partial charge < -0.3 is 10.4 Å². The van der Waals surface area contributed by atoms with Gasteiger partial charge in [-0.1, -0.05) is 11.6 Å². The first-order valence-electron chi connectivity index (χ1n) is 5.89. The topological polar surface area (TPSA) is 84.2 Å². The Morgan fingerprint density at radius 1 is 1.52 bits per heavy atom. The molecular weight excluding hydrogens is 314 g/mol. The molecule has 2 heterocycles.